The molecule has 0 fully saturated rings. The van der Waals surface area contributed by atoms with Crippen molar-refractivity contribution in [3.63, 3.8) is 0 Å². The molecule has 1 aromatic carbocycles. The Morgan fingerprint density at radius 2 is 2.11 bits per heavy atom. The highest BCUT2D eigenvalue weighted by molar-refractivity contribution is 7.51. The van der Waals surface area contributed by atoms with Crippen molar-refractivity contribution in [1.82, 2.24) is 4.90 Å². The van der Waals surface area contributed by atoms with Gasteiger partial charge in [0.05, 0.1) is 6.16 Å². The highest BCUT2D eigenvalue weighted by atomic mass is 31.2. The molecule has 0 amide bonds. The maximum atomic E-state index is 10.8. The van der Waals surface area contributed by atoms with Gasteiger partial charge in [-0.25, -0.2) is 0 Å². The van der Waals surface area contributed by atoms with Gasteiger partial charge in [0.2, 0.25) is 0 Å². The van der Waals surface area contributed by atoms with Crippen LogP contribution in [0.2, 0.25) is 0 Å². The molecule has 1 aliphatic rings. The van der Waals surface area contributed by atoms with E-state index in [0.717, 1.165) is 26.1 Å². The third-order valence-corrected chi connectivity index (χ3v) is 4.28. The molecule has 0 bridgehead atoms. The predicted octanol–water partition coefficient (Wildman–Crippen LogP) is 1.92. The minimum absolute atomic E-state index is 0.00967. The van der Waals surface area contributed by atoms with Crippen LogP contribution in [0.15, 0.2) is 18.2 Å². The lowest BCUT2D eigenvalue weighted by Crippen LogP contribution is -2.31. The fourth-order valence-electron chi connectivity index (χ4n) is 2.43. The van der Waals surface area contributed by atoms with Gasteiger partial charge < -0.3 is 9.79 Å². The summed E-state index contributed by atoms with van der Waals surface area (Å²) in [6.07, 6.45) is 1.59. The molecule has 1 heterocycles. The summed E-state index contributed by atoms with van der Waals surface area (Å²) in [5.74, 6) is 0. The average molecular weight is 269 g/mol. The Morgan fingerprint density at radius 1 is 1.33 bits per heavy atom. The molecule has 18 heavy (non-hydrogen) atoms. The van der Waals surface area contributed by atoms with E-state index < -0.39 is 7.60 Å². The smallest absolute Gasteiger partial charge is 0.324 e. The summed E-state index contributed by atoms with van der Waals surface area (Å²) >= 11 is 0. The molecule has 1 aromatic rings. The van der Waals surface area contributed by atoms with E-state index in [-0.39, 0.29) is 6.16 Å². The summed E-state index contributed by atoms with van der Waals surface area (Å²) in [5, 5.41) is 0. The van der Waals surface area contributed by atoms with Crippen molar-refractivity contribution in [3.05, 3.63) is 34.9 Å². The number of hydrogen-bond acceptors (Lipinski definition) is 2. The molecular formula is C13H20NO3P. The molecule has 0 atom stereocenters. The van der Waals surface area contributed by atoms with E-state index in [1.54, 1.807) is 0 Å². The molecule has 2 N–H and O–H groups in total. The van der Waals surface area contributed by atoms with Crippen LogP contribution in [0.5, 0.6) is 0 Å². The summed E-state index contributed by atoms with van der Waals surface area (Å²) < 4.78 is 10.8. The third-order valence-electron chi connectivity index (χ3n) is 3.38. The Morgan fingerprint density at radius 3 is 2.83 bits per heavy atom. The molecule has 5 heteroatoms. The fraction of sp³-hybridized carbons (Fsp3) is 0.538. The van der Waals surface area contributed by atoms with E-state index >= 15 is 0 Å². The molecule has 0 radical (unpaired) electrons. The Balaban J connectivity index is 1.88. The van der Waals surface area contributed by atoms with Crippen LogP contribution in [-0.4, -0.2) is 33.9 Å². The molecule has 0 spiro atoms. The molecule has 100 valence electrons. The molecule has 4 nitrogen and oxygen atoms in total. The van der Waals surface area contributed by atoms with Gasteiger partial charge in [-0.05, 0) is 37.4 Å². The zero-order chi connectivity index (χ0) is 13.2. The second-order valence-corrected chi connectivity index (χ2v) is 6.82. The van der Waals surface area contributed by atoms with Crippen molar-refractivity contribution in [2.75, 3.05) is 19.3 Å². The second-order valence-electron chi connectivity index (χ2n) is 5.04. The molecule has 0 unspecified atom stereocenters. The van der Waals surface area contributed by atoms with Gasteiger partial charge in [-0.2, -0.15) is 0 Å². The lowest BCUT2D eigenvalue weighted by molar-refractivity contribution is 0.252. The molecule has 1 aliphatic heterocycles. The maximum Gasteiger partial charge on any atom is 0.325 e. The normalized spacial score (nSPS) is 16.6. The van der Waals surface area contributed by atoms with Crippen molar-refractivity contribution < 1.29 is 14.4 Å². The number of nitrogens with zero attached hydrogens (tertiary/aromatic N) is 1. The van der Waals surface area contributed by atoms with Crippen molar-refractivity contribution in [2.24, 2.45) is 0 Å². The lowest BCUT2D eigenvalue weighted by atomic mass is 9.98. The first-order chi connectivity index (χ1) is 8.44. The van der Waals surface area contributed by atoms with Crippen molar-refractivity contribution in [1.29, 1.82) is 0 Å². The van der Waals surface area contributed by atoms with Gasteiger partial charge in [0.1, 0.15) is 0 Å². The van der Waals surface area contributed by atoms with Crippen LogP contribution in [0.4, 0.5) is 0 Å². The predicted molar refractivity (Wildman–Crippen MR) is 71.7 cm³/mol. The number of benzene rings is 1. The molecule has 2 rings (SSSR count). The minimum Gasteiger partial charge on any atom is -0.324 e. The Kier molecular flexibility index (Phi) is 4.23. The van der Waals surface area contributed by atoms with Gasteiger partial charge in [0.15, 0.2) is 0 Å². The van der Waals surface area contributed by atoms with Gasteiger partial charge in [0, 0.05) is 13.1 Å². The van der Waals surface area contributed by atoms with Crippen LogP contribution in [0.25, 0.3) is 0 Å². The summed E-state index contributed by atoms with van der Waals surface area (Å²) in [7, 11) is -3.83. The van der Waals surface area contributed by atoms with Crippen LogP contribution in [0.3, 0.4) is 0 Å². The van der Waals surface area contributed by atoms with Crippen molar-refractivity contribution in [2.45, 2.75) is 26.3 Å². The number of fused-ring (bicyclic) bond motifs is 1. The first-order valence-corrected chi connectivity index (χ1v) is 8.09. The average Bonchev–Trinajstić information content (AvgIpc) is 2.27. The van der Waals surface area contributed by atoms with E-state index in [0.29, 0.717) is 6.42 Å². The molecule has 0 saturated carbocycles. The van der Waals surface area contributed by atoms with Crippen LogP contribution in [0, 0.1) is 6.92 Å². The Labute approximate surface area is 108 Å². The minimum atomic E-state index is -3.83. The second kappa shape index (κ2) is 5.54. The summed E-state index contributed by atoms with van der Waals surface area (Å²) in [6.45, 7) is 4.75. The first-order valence-electron chi connectivity index (χ1n) is 6.29. The number of rotatable bonds is 4. The fourth-order valence-corrected chi connectivity index (χ4v) is 2.98. The highest BCUT2D eigenvalue weighted by Crippen LogP contribution is 2.35. The van der Waals surface area contributed by atoms with Gasteiger partial charge in [-0.1, -0.05) is 23.8 Å². The Bertz CT molecular complexity index is 469. The summed E-state index contributed by atoms with van der Waals surface area (Å²) in [5.41, 5.74) is 4.06. The SMILES string of the molecule is Cc1ccc2c(c1)CCN(CCCP(=O)(O)O)C2. The zero-order valence-electron chi connectivity index (χ0n) is 10.7. The van der Waals surface area contributed by atoms with E-state index in [2.05, 4.69) is 30.0 Å². The topological polar surface area (TPSA) is 60.8 Å². The quantitative estimate of drug-likeness (QED) is 0.820. The lowest BCUT2D eigenvalue weighted by Gasteiger charge is -2.29. The van der Waals surface area contributed by atoms with Crippen LogP contribution in [0.1, 0.15) is 23.1 Å². The first kappa shape index (κ1) is 13.8. The monoisotopic (exact) mass is 269 g/mol. The molecule has 0 aromatic heterocycles. The van der Waals surface area contributed by atoms with Gasteiger partial charge >= 0.3 is 7.60 Å². The number of hydrogen-bond donors (Lipinski definition) is 2. The van der Waals surface area contributed by atoms with E-state index in [1.807, 2.05) is 0 Å². The van der Waals surface area contributed by atoms with Crippen LogP contribution < -0.4 is 0 Å². The van der Waals surface area contributed by atoms with E-state index in [4.69, 9.17) is 9.79 Å². The molecule has 0 aliphatic carbocycles. The van der Waals surface area contributed by atoms with Crippen molar-refractivity contribution in [3.8, 4) is 0 Å². The van der Waals surface area contributed by atoms with Crippen molar-refractivity contribution >= 4 is 7.60 Å². The van der Waals surface area contributed by atoms with Gasteiger partial charge in [-0.15, -0.1) is 0 Å². The summed E-state index contributed by atoms with van der Waals surface area (Å²) in [6, 6.07) is 6.53. The molecular weight excluding hydrogens is 249 g/mol. The largest absolute Gasteiger partial charge is 0.325 e. The van der Waals surface area contributed by atoms with Gasteiger partial charge in [0.25, 0.3) is 0 Å². The van der Waals surface area contributed by atoms with E-state index in [1.165, 1.54) is 16.7 Å². The van der Waals surface area contributed by atoms with Crippen LogP contribution >= 0.6 is 7.60 Å². The van der Waals surface area contributed by atoms with Gasteiger partial charge in [-0.3, -0.25) is 9.46 Å². The standard InChI is InChI=1S/C13H20NO3P/c1-11-3-4-13-10-14(7-5-12(13)9-11)6-2-8-18(15,16)17/h3-4,9H,2,5-8,10H2,1H3,(H2,15,16,17). The van der Waals surface area contributed by atoms with E-state index in [9.17, 15) is 4.57 Å². The Hall–Kier alpha value is -0.670. The third kappa shape index (κ3) is 3.92. The number of aryl methyl sites for hydroxylation is 1. The highest BCUT2D eigenvalue weighted by Gasteiger charge is 2.18. The maximum absolute atomic E-state index is 10.8. The van der Waals surface area contributed by atoms with Crippen LogP contribution in [-0.2, 0) is 17.5 Å². The zero-order valence-corrected chi connectivity index (χ0v) is 11.6. The molecule has 0 saturated heterocycles. The summed E-state index contributed by atoms with van der Waals surface area (Å²) in [4.78, 5) is 19.9.